The standard InChI is InChI=1S/C14H19NO2S/c1-3-4-5-6-12-9-11-10-13(18(2,16)17)7-8-14(11)15-12/h7-10,15H,3-6H2,1-2H3. The number of aromatic nitrogens is 1. The number of hydrogen-bond acceptors (Lipinski definition) is 2. The minimum Gasteiger partial charge on any atom is -0.358 e. The maximum Gasteiger partial charge on any atom is 0.175 e. The zero-order valence-electron chi connectivity index (χ0n) is 10.9. The Morgan fingerprint density at radius 1 is 1.17 bits per heavy atom. The van der Waals surface area contributed by atoms with E-state index in [2.05, 4.69) is 18.0 Å². The molecule has 0 spiro atoms. The second-order valence-electron chi connectivity index (χ2n) is 4.77. The first-order valence-corrected chi connectivity index (χ1v) is 8.21. The van der Waals surface area contributed by atoms with E-state index in [0.29, 0.717) is 4.90 Å². The van der Waals surface area contributed by atoms with Gasteiger partial charge in [0.15, 0.2) is 9.84 Å². The smallest absolute Gasteiger partial charge is 0.175 e. The Morgan fingerprint density at radius 3 is 2.61 bits per heavy atom. The summed E-state index contributed by atoms with van der Waals surface area (Å²) < 4.78 is 23.0. The fourth-order valence-corrected chi connectivity index (χ4v) is 2.76. The number of aryl methyl sites for hydroxylation is 1. The van der Waals surface area contributed by atoms with Gasteiger partial charge >= 0.3 is 0 Å². The highest BCUT2D eigenvalue weighted by atomic mass is 32.2. The largest absolute Gasteiger partial charge is 0.358 e. The highest BCUT2D eigenvalue weighted by molar-refractivity contribution is 7.90. The van der Waals surface area contributed by atoms with Crippen LogP contribution in [-0.4, -0.2) is 19.7 Å². The molecule has 1 heterocycles. The molecular formula is C14H19NO2S. The molecule has 0 radical (unpaired) electrons. The Bertz CT molecular complexity index is 641. The van der Waals surface area contributed by atoms with Crippen molar-refractivity contribution in [1.29, 1.82) is 0 Å². The molecule has 2 aromatic rings. The second kappa shape index (κ2) is 5.14. The lowest BCUT2D eigenvalue weighted by atomic mass is 10.1. The van der Waals surface area contributed by atoms with Crippen molar-refractivity contribution < 1.29 is 8.42 Å². The van der Waals surface area contributed by atoms with Crippen LogP contribution in [0.5, 0.6) is 0 Å². The van der Waals surface area contributed by atoms with Gasteiger partial charge in [-0.15, -0.1) is 0 Å². The number of hydrogen-bond donors (Lipinski definition) is 1. The van der Waals surface area contributed by atoms with Crippen LogP contribution in [0, 0.1) is 0 Å². The lowest BCUT2D eigenvalue weighted by Crippen LogP contribution is -1.95. The van der Waals surface area contributed by atoms with Crippen LogP contribution in [0.2, 0.25) is 0 Å². The fourth-order valence-electron chi connectivity index (χ4n) is 2.10. The zero-order valence-corrected chi connectivity index (χ0v) is 11.7. The molecule has 1 aromatic heterocycles. The first kappa shape index (κ1) is 13.1. The van der Waals surface area contributed by atoms with E-state index < -0.39 is 9.84 Å². The molecule has 2 rings (SSSR count). The molecular weight excluding hydrogens is 246 g/mol. The molecule has 18 heavy (non-hydrogen) atoms. The topological polar surface area (TPSA) is 49.9 Å². The molecule has 4 heteroatoms. The summed E-state index contributed by atoms with van der Waals surface area (Å²) in [6.07, 6.45) is 5.87. The molecule has 0 fully saturated rings. The average molecular weight is 265 g/mol. The van der Waals surface area contributed by atoms with Crippen LogP contribution in [0.25, 0.3) is 10.9 Å². The normalized spacial score (nSPS) is 12.1. The molecule has 1 N–H and O–H groups in total. The molecule has 0 bridgehead atoms. The second-order valence-corrected chi connectivity index (χ2v) is 6.79. The van der Waals surface area contributed by atoms with Crippen LogP contribution in [0.15, 0.2) is 29.2 Å². The zero-order chi connectivity index (χ0) is 13.2. The van der Waals surface area contributed by atoms with Crippen LogP contribution in [0.4, 0.5) is 0 Å². The number of H-pyrrole nitrogens is 1. The highest BCUT2D eigenvalue weighted by Gasteiger charge is 2.09. The van der Waals surface area contributed by atoms with E-state index >= 15 is 0 Å². The highest BCUT2D eigenvalue weighted by Crippen LogP contribution is 2.21. The SMILES string of the molecule is CCCCCc1cc2cc(S(C)(=O)=O)ccc2[nH]1. The number of aromatic amines is 1. The fraction of sp³-hybridized carbons (Fsp3) is 0.429. The quantitative estimate of drug-likeness (QED) is 0.843. The summed E-state index contributed by atoms with van der Waals surface area (Å²) in [4.78, 5) is 3.72. The lowest BCUT2D eigenvalue weighted by molar-refractivity contribution is 0.602. The molecule has 98 valence electrons. The van der Waals surface area contributed by atoms with Gasteiger partial charge in [0.2, 0.25) is 0 Å². The van der Waals surface area contributed by atoms with Gasteiger partial charge in [-0.05, 0) is 37.1 Å². The maximum absolute atomic E-state index is 11.5. The van der Waals surface area contributed by atoms with Crippen molar-refractivity contribution in [3.63, 3.8) is 0 Å². The van der Waals surface area contributed by atoms with E-state index in [1.54, 1.807) is 12.1 Å². The van der Waals surface area contributed by atoms with Crippen molar-refractivity contribution in [3.05, 3.63) is 30.0 Å². The van der Waals surface area contributed by atoms with Gasteiger partial charge in [0.05, 0.1) is 4.90 Å². The van der Waals surface area contributed by atoms with E-state index in [0.717, 1.165) is 17.3 Å². The first-order chi connectivity index (χ1) is 8.50. The van der Waals surface area contributed by atoms with Gasteiger partial charge in [-0.2, -0.15) is 0 Å². The van der Waals surface area contributed by atoms with Crippen molar-refractivity contribution >= 4 is 20.7 Å². The summed E-state index contributed by atoms with van der Waals surface area (Å²) in [5.74, 6) is 0. The molecule has 0 aliphatic heterocycles. The molecule has 0 atom stereocenters. The monoisotopic (exact) mass is 265 g/mol. The van der Waals surface area contributed by atoms with E-state index in [-0.39, 0.29) is 0 Å². The number of fused-ring (bicyclic) bond motifs is 1. The Hall–Kier alpha value is -1.29. The Kier molecular flexibility index (Phi) is 3.76. The van der Waals surface area contributed by atoms with E-state index in [1.807, 2.05) is 6.07 Å². The third-order valence-electron chi connectivity index (χ3n) is 3.13. The van der Waals surface area contributed by atoms with Crippen molar-refractivity contribution in [2.45, 2.75) is 37.5 Å². The first-order valence-electron chi connectivity index (χ1n) is 6.32. The van der Waals surface area contributed by atoms with Crippen molar-refractivity contribution in [1.82, 2.24) is 4.98 Å². The molecule has 0 aliphatic carbocycles. The van der Waals surface area contributed by atoms with Gasteiger partial charge in [-0.25, -0.2) is 8.42 Å². The average Bonchev–Trinajstić information content (AvgIpc) is 2.69. The number of sulfone groups is 1. The predicted octanol–water partition coefficient (Wildman–Crippen LogP) is 3.30. The van der Waals surface area contributed by atoms with Crippen LogP contribution in [0.3, 0.4) is 0 Å². The number of unbranched alkanes of at least 4 members (excludes halogenated alkanes) is 2. The van der Waals surface area contributed by atoms with Gasteiger partial charge in [0.25, 0.3) is 0 Å². The van der Waals surface area contributed by atoms with Crippen LogP contribution in [0.1, 0.15) is 31.9 Å². The molecule has 0 saturated carbocycles. The third kappa shape index (κ3) is 2.93. The van der Waals surface area contributed by atoms with Crippen LogP contribution in [-0.2, 0) is 16.3 Å². The van der Waals surface area contributed by atoms with Crippen molar-refractivity contribution in [3.8, 4) is 0 Å². The number of benzene rings is 1. The maximum atomic E-state index is 11.5. The van der Waals surface area contributed by atoms with Gasteiger partial charge in [-0.3, -0.25) is 0 Å². The molecule has 0 saturated heterocycles. The summed E-state index contributed by atoms with van der Waals surface area (Å²) in [6.45, 7) is 2.18. The Balaban J connectivity index is 2.28. The van der Waals surface area contributed by atoms with Crippen LogP contribution < -0.4 is 0 Å². The Labute approximate surface area is 108 Å². The van der Waals surface area contributed by atoms with Gasteiger partial charge < -0.3 is 4.98 Å². The molecule has 3 nitrogen and oxygen atoms in total. The summed E-state index contributed by atoms with van der Waals surface area (Å²) >= 11 is 0. The van der Waals surface area contributed by atoms with E-state index in [1.165, 1.54) is 31.2 Å². The molecule has 0 aliphatic rings. The van der Waals surface area contributed by atoms with Gasteiger partial charge in [-0.1, -0.05) is 19.8 Å². The lowest BCUT2D eigenvalue weighted by Gasteiger charge is -1.97. The molecule has 0 unspecified atom stereocenters. The van der Waals surface area contributed by atoms with Crippen LogP contribution >= 0.6 is 0 Å². The molecule has 1 aromatic carbocycles. The summed E-state index contributed by atoms with van der Waals surface area (Å²) in [5.41, 5.74) is 2.19. The predicted molar refractivity (Wildman–Crippen MR) is 74.6 cm³/mol. The van der Waals surface area contributed by atoms with Gasteiger partial charge in [0, 0.05) is 22.9 Å². The number of nitrogens with one attached hydrogen (secondary N) is 1. The van der Waals surface area contributed by atoms with Crippen molar-refractivity contribution in [2.24, 2.45) is 0 Å². The summed E-state index contributed by atoms with van der Waals surface area (Å²) in [7, 11) is -3.12. The minimum absolute atomic E-state index is 0.383. The third-order valence-corrected chi connectivity index (χ3v) is 4.24. The Morgan fingerprint density at radius 2 is 1.94 bits per heavy atom. The number of rotatable bonds is 5. The van der Waals surface area contributed by atoms with E-state index in [9.17, 15) is 8.42 Å². The minimum atomic E-state index is -3.12. The van der Waals surface area contributed by atoms with E-state index in [4.69, 9.17) is 0 Å². The molecule has 0 amide bonds. The summed E-state index contributed by atoms with van der Waals surface area (Å²) in [6, 6.07) is 7.29. The van der Waals surface area contributed by atoms with Gasteiger partial charge in [0.1, 0.15) is 0 Å². The summed E-state index contributed by atoms with van der Waals surface area (Å²) in [5, 5.41) is 0.976. The van der Waals surface area contributed by atoms with Crippen molar-refractivity contribution in [2.75, 3.05) is 6.26 Å².